The number of amides is 1. The molecular formula is C16H26N4O4. The summed E-state index contributed by atoms with van der Waals surface area (Å²) >= 11 is 0. The lowest BCUT2D eigenvalue weighted by Gasteiger charge is -2.36. The van der Waals surface area contributed by atoms with Crippen molar-refractivity contribution in [3.63, 3.8) is 0 Å². The predicted molar refractivity (Wildman–Crippen MR) is 90.0 cm³/mol. The maximum Gasteiger partial charge on any atom is 0.331 e. The van der Waals surface area contributed by atoms with Crippen molar-refractivity contribution in [1.82, 2.24) is 19.4 Å². The minimum atomic E-state index is -0.494. The Morgan fingerprint density at radius 2 is 1.96 bits per heavy atom. The second-order valence-electron chi connectivity index (χ2n) is 6.39. The smallest absolute Gasteiger partial charge is 0.331 e. The minimum Gasteiger partial charge on any atom is -0.379 e. The molecule has 1 aromatic heterocycles. The first-order chi connectivity index (χ1) is 11.4. The van der Waals surface area contributed by atoms with Gasteiger partial charge in [-0.05, 0) is 5.92 Å². The van der Waals surface area contributed by atoms with Crippen molar-refractivity contribution >= 4 is 5.91 Å². The molecule has 0 aliphatic carbocycles. The van der Waals surface area contributed by atoms with E-state index in [1.54, 1.807) is 0 Å². The maximum absolute atomic E-state index is 12.2. The first-order valence-corrected chi connectivity index (χ1v) is 8.25. The van der Waals surface area contributed by atoms with Crippen molar-refractivity contribution < 1.29 is 9.53 Å². The van der Waals surface area contributed by atoms with Gasteiger partial charge in [0.15, 0.2) is 0 Å². The van der Waals surface area contributed by atoms with E-state index in [2.05, 4.69) is 24.1 Å². The Hall–Kier alpha value is -1.93. The van der Waals surface area contributed by atoms with Crippen LogP contribution in [0.3, 0.4) is 0 Å². The highest BCUT2D eigenvalue weighted by Gasteiger charge is 2.24. The number of carbonyl (C=O) groups excluding carboxylic acids is 1. The second kappa shape index (κ2) is 8.25. The topological polar surface area (TPSA) is 85.6 Å². The summed E-state index contributed by atoms with van der Waals surface area (Å²) in [6.07, 6.45) is 1.35. The lowest BCUT2D eigenvalue weighted by atomic mass is 10.0. The number of nitrogens with one attached hydrogen (secondary N) is 1. The highest BCUT2D eigenvalue weighted by molar-refractivity contribution is 5.75. The number of carbonyl (C=O) groups is 1. The number of rotatable bonds is 6. The molecule has 0 radical (unpaired) electrons. The summed E-state index contributed by atoms with van der Waals surface area (Å²) in [5, 5.41) is 2.90. The number of hydrogen-bond donors (Lipinski definition) is 1. The molecule has 1 amide bonds. The molecule has 0 unspecified atom stereocenters. The van der Waals surface area contributed by atoms with E-state index in [-0.39, 0.29) is 24.1 Å². The van der Waals surface area contributed by atoms with Crippen LogP contribution in [0.25, 0.3) is 0 Å². The van der Waals surface area contributed by atoms with Gasteiger partial charge in [0.1, 0.15) is 6.54 Å². The van der Waals surface area contributed by atoms with Gasteiger partial charge in [-0.15, -0.1) is 0 Å². The Balaban J connectivity index is 1.95. The lowest BCUT2D eigenvalue weighted by Crippen LogP contribution is -2.51. The van der Waals surface area contributed by atoms with E-state index in [4.69, 9.17) is 4.74 Å². The number of morpholine rings is 1. The summed E-state index contributed by atoms with van der Waals surface area (Å²) in [6, 6.07) is 1.51. The van der Waals surface area contributed by atoms with Gasteiger partial charge in [0.2, 0.25) is 5.91 Å². The third kappa shape index (κ3) is 4.55. The zero-order valence-corrected chi connectivity index (χ0v) is 14.5. The molecule has 8 nitrogen and oxygen atoms in total. The third-order valence-corrected chi connectivity index (χ3v) is 4.37. The third-order valence-electron chi connectivity index (χ3n) is 4.37. The minimum absolute atomic E-state index is 0.0963. The van der Waals surface area contributed by atoms with E-state index in [0.717, 1.165) is 17.7 Å². The van der Waals surface area contributed by atoms with Crippen LogP contribution in [-0.4, -0.2) is 58.8 Å². The van der Waals surface area contributed by atoms with Crippen molar-refractivity contribution in [3.8, 4) is 0 Å². The van der Waals surface area contributed by atoms with Crippen molar-refractivity contribution in [2.45, 2.75) is 26.4 Å². The van der Waals surface area contributed by atoms with Crippen molar-refractivity contribution in [3.05, 3.63) is 33.1 Å². The van der Waals surface area contributed by atoms with E-state index < -0.39 is 5.69 Å². The Morgan fingerprint density at radius 3 is 2.58 bits per heavy atom. The molecule has 0 bridgehead atoms. The quantitative estimate of drug-likeness (QED) is 0.721. The first-order valence-electron chi connectivity index (χ1n) is 8.25. The molecule has 1 saturated heterocycles. The second-order valence-corrected chi connectivity index (χ2v) is 6.39. The van der Waals surface area contributed by atoms with Crippen molar-refractivity contribution in [1.29, 1.82) is 0 Å². The highest BCUT2D eigenvalue weighted by Crippen LogP contribution is 2.12. The van der Waals surface area contributed by atoms with Crippen LogP contribution in [0, 0.1) is 5.92 Å². The molecule has 2 rings (SSSR count). The molecule has 1 aliphatic heterocycles. The lowest BCUT2D eigenvalue weighted by molar-refractivity contribution is -0.122. The average Bonchev–Trinajstić information content (AvgIpc) is 2.56. The zero-order chi connectivity index (χ0) is 17.7. The monoisotopic (exact) mass is 338 g/mol. The van der Waals surface area contributed by atoms with Gasteiger partial charge < -0.3 is 10.1 Å². The molecule has 24 heavy (non-hydrogen) atoms. The van der Waals surface area contributed by atoms with Gasteiger partial charge in [0, 0.05) is 45.0 Å². The van der Waals surface area contributed by atoms with Crippen LogP contribution in [0.2, 0.25) is 0 Å². The van der Waals surface area contributed by atoms with Gasteiger partial charge in [0.25, 0.3) is 5.56 Å². The summed E-state index contributed by atoms with van der Waals surface area (Å²) in [7, 11) is 1.40. The van der Waals surface area contributed by atoms with Gasteiger partial charge in [-0.25, -0.2) is 4.79 Å². The first kappa shape index (κ1) is 18.4. The SMILES string of the molecule is CC(C)[C@@H](CNC(=O)Cn1ccc(=O)n(C)c1=O)N1CCOCC1. The Labute approximate surface area is 141 Å². The van der Waals surface area contributed by atoms with E-state index in [0.29, 0.717) is 25.7 Å². The molecule has 1 aromatic rings. The molecule has 0 aromatic carbocycles. The summed E-state index contributed by atoms with van der Waals surface area (Å²) in [6.45, 7) is 7.83. The normalized spacial score (nSPS) is 17.0. The molecule has 1 aliphatic rings. The largest absolute Gasteiger partial charge is 0.379 e. The molecule has 0 spiro atoms. The fraction of sp³-hybridized carbons (Fsp3) is 0.688. The fourth-order valence-corrected chi connectivity index (χ4v) is 2.86. The van der Waals surface area contributed by atoms with Gasteiger partial charge in [-0.2, -0.15) is 0 Å². The maximum atomic E-state index is 12.2. The van der Waals surface area contributed by atoms with Gasteiger partial charge in [-0.3, -0.25) is 23.6 Å². The number of hydrogen-bond acceptors (Lipinski definition) is 5. The number of aromatic nitrogens is 2. The molecule has 1 N–H and O–H groups in total. The number of nitrogens with zero attached hydrogens (tertiary/aromatic N) is 3. The summed E-state index contributed by atoms with van der Waals surface area (Å²) in [4.78, 5) is 37.8. The summed E-state index contributed by atoms with van der Waals surface area (Å²) in [5.41, 5.74) is -0.880. The number of ether oxygens (including phenoxy) is 1. The molecule has 1 atom stereocenters. The van der Waals surface area contributed by atoms with Crippen LogP contribution < -0.4 is 16.6 Å². The summed E-state index contributed by atoms with van der Waals surface area (Å²) in [5.74, 6) is 0.151. The molecule has 0 saturated carbocycles. The van der Waals surface area contributed by atoms with Crippen LogP contribution in [0.1, 0.15) is 13.8 Å². The van der Waals surface area contributed by atoms with Gasteiger partial charge in [-0.1, -0.05) is 13.8 Å². The zero-order valence-electron chi connectivity index (χ0n) is 14.5. The van der Waals surface area contributed by atoms with E-state index in [9.17, 15) is 14.4 Å². The van der Waals surface area contributed by atoms with Crippen LogP contribution in [0.5, 0.6) is 0 Å². The molecular weight excluding hydrogens is 312 g/mol. The molecule has 1 fully saturated rings. The van der Waals surface area contributed by atoms with Crippen molar-refractivity contribution in [2.24, 2.45) is 13.0 Å². The van der Waals surface area contributed by atoms with E-state index in [1.807, 2.05) is 0 Å². The molecule has 134 valence electrons. The Kier molecular flexibility index (Phi) is 6.33. The van der Waals surface area contributed by atoms with Crippen LogP contribution in [0.15, 0.2) is 21.9 Å². The highest BCUT2D eigenvalue weighted by atomic mass is 16.5. The Bertz CT molecular complexity index is 673. The van der Waals surface area contributed by atoms with Crippen molar-refractivity contribution in [2.75, 3.05) is 32.8 Å². The standard InChI is InChI=1S/C16H26N4O4/c1-12(2)13(19-6-8-24-9-7-19)10-17-14(21)11-20-5-4-15(22)18(3)16(20)23/h4-5,12-13H,6-11H2,1-3H3,(H,17,21)/t13-/m1/s1. The predicted octanol–water partition coefficient (Wildman–Crippen LogP) is -0.980. The van der Waals surface area contributed by atoms with Gasteiger partial charge >= 0.3 is 5.69 Å². The van der Waals surface area contributed by atoms with Gasteiger partial charge in [0.05, 0.1) is 13.2 Å². The van der Waals surface area contributed by atoms with Crippen LogP contribution in [0.4, 0.5) is 0 Å². The fourth-order valence-electron chi connectivity index (χ4n) is 2.86. The van der Waals surface area contributed by atoms with Crippen LogP contribution in [-0.2, 0) is 23.1 Å². The Morgan fingerprint density at radius 1 is 1.29 bits per heavy atom. The molecule has 2 heterocycles. The summed E-state index contributed by atoms with van der Waals surface area (Å²) < 4.78 is 7.59. The van der Waals surface area contributed by atoms with E-state index >= 15 is 0 Å². The van der Waals surface area contributed by atoms with E-state index in [1.165, 1.54) is 23.9 Å². The molecule has 8 heteroatoms. The average molecular weight is 338 g/mol. The van der Waals surface area contributed by atoms with Crippen LogP contribution >= 0.6 is 0 Å².